The van der Waals surface area contributed by atoms with Crippen molar-refractivity contribution in [3.8, 4) is 0 Å². The van der Waals surface area contributed by atoms with E-state index in [0.717, 1.165) is 48.5 Å². The smallest absolute Gasteiger partial charge is 0.142 e. The molecule has 3 heterocycles. The van der Waals surface area contributed by atoms with Crippen molar-refractivity contribution in [2.75, 3.05) is 30.8 Å². The lowest BCUT2D eigenvalue weighted by Gasteiger charge is -2.29. The minimum Gasteiger partial charge on any atom is -0.356 e. The molecule has 24 heavy (non-hydrogen) atoms. The zero-order valence-electron chi connectivity index (χ0n) is 14.5. The van der Waals surface area contributed by atoms with Crippen molar-refractivity contribution in [3.63, 3.8) is 0 Å². The Morgan fingerprint density at radius 2 is 2.33 bits per heavy atom. The minimum absolute atomic E-state index is 0.258. The Morgan fingerprint density at radius 3 is 3.08 bits per heavy atom. The fourth-order valence-electron chi connectivity index (χ4n) is 4.55. The highest BCUT2D eigenvalue weighted by molar-refractivity contribution is 7.82. The molecule has 6 nitrogen and oxygen atoms in total. The van der Waals surface area contributed by atoms with Crippen LogP contribution in [0.1, 0.15) is 26.7 Å². The van der Waals surface area contributed by atoms with Crippen molar-refractivity contribution in [1.29, 1.82) is 0 Å². The second kappa shape index (κ2) is 5.81. The van der Waals surface area contributed by atoms with Gasteiger partial charge in [-0.3, -0.25) is 0 Å². The third kappa shape index (κ3) is 2.45. The Morgan fingerprint density at radius 1 is 1.50 bits per heavy atom. The molecule has 1 aliphatic carbocycles. The van der Waals surface area contributed by atoms with E-state index in [4.69, 9.17) is 0 Å². The summed E-state index contributed by atoms with van der Waals surface area (Å²) in [4.78, 5) is 14.3. The van der Waals surface area contributed by atoms with Gasteiger partial charge in [-0.1, -0.05) is 13.8 Å². The molecule has 7 heteroatoms. The maximum absolute atomic E-state index is 12.1. The monoisotopic (exact) mass is 347 g/mol. The molecule has 0 aromatic carbocycles. The van der Waals surface area contributed by atoms with Crippen LogP contribution in [0.25, 0.3) is 11.0 Å². The van der Waals surface area contributed by atoms with E-state index in [1.807, 2.05) is 19.2 Å². The molecule has 2 unspecified atom stereocenters. The SMILES string of the molecule is CCS(=O)N1C[C@H]2CC(N(C)c3ncnc4[nH]ccc34)C[C@@]2(C)C1. The van der Waals surface area contributed by atoms with Gasteiger partial charge in [-0.15, -0.1) is 0 Å². The summed E-state index contributed by atoms with van der Waals surface area (Å²) in [5.74, 6) is 2.34. The quantitative estimate of drug-likeness (QED) is 0.921. The molecule has 2 aromatic rings. The van der Waals surface area contributed by atoms with E-state index in [1.165, 1.54) is 0 Å². The lowest BCUT2D eigenvalue weighted by Crippen LogP contribution is -2.34. The van der Waals surface area contributed by atoms with Crippen molar-refractivity contribution in [1.82, 2.24) is 19.3 Å². The molecule has 0 bridgehead atoms. The van der Waals surface area contributed by atoms with Crippen LogP contribution in [0, 0.1) is 11.3 Å². The molecule has 0 spiro atoms. The van der Waals surface area contributed by atoms with E-state index in [-0.39, 0.29) is 5.41 Å². The lowest BCUT2D eigenvalue weighted by molar-refractivity contribution is 0.297. The van der Waals surface area contributed by atoms with Crippen LogP contribution in [0.15, 0.2) is 18.6 Å². The van der Waals surface area contributed by atoms with Gasteiger partial charge in [0.1, 0.15) is 17.8 Å². The van der Waals surface area contributed by atoms with Crippen LogP contribution in [0.2, 0.25) is 0 Å². The van der Waals surface area contributed by atoms with Crippen LogP contribution in [0.4, 0.5) is 5.82 Å². The van der Waals surface area contributed by atoms with E-state index in [0.29, 0.717) is 12.0 Å². The molecule has 130 valence electrons. The predicted molar refractivity (Wildman–Crippen MR) is 97.2 cm³/mol. The van der Waals surface area contributed by atoms with Gasteiger partial charge in [-0.05, 0) is 30.2 Å². The number of aromatic amines is 1. The second-order valence-electron chi connectivity index (χ2n) is 7.43. The number of aromatic nitrogens is 3. The normalized spacial score (nSPS) is 31.5. The largest absolute Gasteiger partial charge is 0.356 e. The predicted octanol–water partition coefficient (Wildman–Crippen LogP) is 2.18. The van der Waals surface area contributed by atoms with Gasteiger partial charge in [-0.25, -0.2) is 18.5 Å². The maximum atomic E-state index is 12.1. The van der Waals surface area contributed by atoms with Gasteiger partial charge >= 0.3 is 0 Å². The number of nitrogens with zero attached hydrogens (tertiary/aromatic N) is 4. The Kier molecular flexibility index (Phi) is 3.88. The highest BCUT2D eigenvalue weighted by Crippen LogP contribution is 2.50. The summed E-state index contributed by atoms with van der Waals surface area (Å²) in [5, 5.41) is 1.08. The molecular weight excluding hydrogens is 322 g/mol. The van der Waals surface area contributed by atoms with Crippen LogP contribution in [-0.4, -0.2) is 55.4 Å². The molecular formula is C17H25N5OS. The number of hydrogen-bond donors (Lipinski definition) is 1. The van der Waals surface area contributed by atoms with Crippen LogP contribution in [-0.2, 0) is 11.0 Å². The molecule has 1 N–H and O–H groups in total. The summed E-state index contributed by atoms with van der Waals surface area (Å²) in [6.07, 6.45) is 5.81. The topological polar surface area (TPSA) is 65.1 Å². The van der Waals surface area contributed by atoms with Gasteiger partial charge in [0.05, 0.1) is 16.4 Å². The van der Waals surface area contributed by atoms with Gasteiger partial charge < -0.3 is 9.88 Å². The molecule has 4 rings (SSSR count). The van der Waals surface area contributed by atoms with Crippen molar-refractivity contribution >= 4 is 27.8 Å². The number of H-pyrrole nitrogens is 1. The van der Waals surface area contributed by atoms with E-state index in [9.17, 15) is 4.21 Å². The van der Waals surface area contributed by atoms with Gasteiger partial charge in [0.25, 0.3) is 0 Å². The van der Waals surface area contributed by atoms with Crippen LogP contribution >= 0.6 is 0 Å². The first-order valence-electron chi connectivity index (χ1n) is 8.66. The molecule has 0 radical (unpaired) electrons. The average Bonchev–Trinajstić information content (AvgIpc) is 3.24. The summed E-state index contributed by atoms with van der Waals surface area (Å²) < 4.78 is 14.3. The molecule has 2 aliphatic rings. The summed E-state index contributed by atoms with van der Waals surface area (Å²) in [7, 11) is 1.33. The number of rotatable bonds is 4. The second-order valence-corrected chi connectivity index (χ2v) is 9.16. The molecule has 0 amide bonds. The highest BCUT2D eigenvalue weighted by Gasteiger charge is 2.51. The Hall–Kier alpha value is -1.47. The van der Waals surface area contributed by atoms with Crippen LogP contribution in [0.3, 0.4) is 0 Å². The number of hydrogen-bond acceptors (Lipinski definition) is 4. The van der Waals surface area contributed by atoms with Gasteiger partial charge in [0.15, 0.2) is 0 Å². The number of nitrogens with one attached hydrogen (secondary N) is 1. The first kappa shape index (κ1) is 16.0. The average molecular weight is 347 g/mol. The maximum Gasteiger partial charge on any atom is 0.142 e. The van der Waals surface area contributed by atoms with Gasteiger partial charge in [0.2, 0.25) is 0 Å². The molecule has 4 atom stereocenters. The zero-order chi connectivity index (χ0) is 16.9. The highest BCUT2D eigenvalue weighted by atomic mass is 32.2. The fourth-order valence-corrected chi connectivity index (χ4v) is 5.70. The molecule has 1 saturated carbocycles. The Labute approximate surface area is 145 Å². The lowest BCUT2D eigenvalue weighted by atomic mass is 9.83. The fraction of sp³-hybridized carbons (Fsp3) is 0.647. The van der Waals surface area contributed by atoms with Gasteiger partial charge in [0, 0.05) is 38.1 Å². The van der Waals surface area contributed by atoms with Crippen molar-refractivity contribution in [2.24, 2.45) is 11.3 Å². The molecule has 1 aliphatic heterocycles. The number of anilines is 1. The Balaban J connectivity index is 1.54. The zero-order valence-corrected chi connectivity index (χ0v) is 15.3. The van der Waals surface area contributed by atoms with Crippen molar-refractivity contribution in [2.45, 2.75) is 32.7 Å². The number of fused-ring (bicyclic) bond motifs is 2. The summed E-state index contributed by atoms with van der Waals surface area (Å²) in [6, 6.07) is 2.52. The third-order valence-corrected chi connectivity index (χ3v) is 7.30. The molecule has 1 saturated heterocycles. The van der Waals surface area contributed by atoms with E-state index < -0.39 is 11.0 Å². The van der Waals surface area contributed by atoms with Crippen LogP contribution < -0.4 is 4.90 Å². The summed E-state index contributed by atoms with van der Waals surface area (Å²) >= 11 is 0. The standard InChI is InChI=1S/C17H25N5OS/c1-4-24(23)22-9-12-7-13(8-17(12,2)10-22)21(3)16-14-5-6-18-15(14)19-11-20-16/h5-6,11-13H,4,7-10H2,1-3H3,(H,18,19,20)/t12-,13?,17+,24?/m1/s1. The van der Waals surface area contributed by atoms with Crippen LogP contribution in [0.5, 0.6) is 0 Å². The minimum atomic E-state index is -0.813. The van der Waals surface area contributed by atoms with Crippen molar-refractivity contribution < 1.29 is 4.21 Å². The van der Waals surface area contributed by atoms with E-state index in [2.05, 4.69) is 38.1 Å². The first-order chi connectivity index (χ1) is 11.5. The van der Waals surface area contributed by atoms with E-state index in [1.54, 1.807) is 6.33 Å². The van der Waals surface area contributed by atoms with Crippen molar-refractivity contribution in [3.05, 3.63) is 18.6 Å². The molecule has 2 aromatic heterocycles. The summed E-state index contributed by atoms with van der Waals surface area (Å²) in [6.45, 7) is 6.28. The third-order valence-electron chi connectivity index (χ3n) is 5.96. The van der Waals surface area contributed by atoms with E-state index >= 15 is 0 Å². The van der Waals surface area contributed by atoms with Gasteiger partial charge in [-0.2, -0.15) is 0 Å². The Bertz CT molecular complexity index is 777. The first-order valence-corrected chi connectivity index (χ1v) is 9.94. The molecule has 2 fully saturated rings. The summed E-state index contributed by atoms with van der Waals surface area (Å²) in [5.41, 5.74) is 1.15.